The summed E-state index contributed by atoms with van der Waals surface area (Å²) in [5.74, 6) is 0.154. The van der Waals surface area contributed by atoms with E-state index in [1.807, 2.05) is 38.1 Å². The number of ketones is 1. The van der Waals surface area contributed by atoms with Crippen molar-refractivity contribution in [3.8, 4) is 5.75 Å². The lowest BCUT2D eigenvalue weighted by atomic mass is 9.69. The van der Waals surface area contributed by atoms with Gasteiger partial charge in [-0.2, -0.15) is 0 Å². The van der Waals surface area contributed by atoms with Crippen LogP contribution in [0.2, 0.25) is 0 Å². The molecule has 2 aliphatic rings. The highest BCUT2D eigenvalue weighted by Crippen LogP contribution is 2.48. The highest BCUT2D eigenvalue weighted by Gasteiger charge is 2.44. The Morgan fingerprint density at radius 1 is 1.18 bits per heavy atom. The third-order valence-corrected chi connectivity index (χ3v) is 6.09. The van der Waals surface area contributed by atoms with Gasteiger partial charge in [-0.25, -0.2) is 0 Å². The van der Waals surface area contributed by atoms with Crippen LogP contribution in [-0.4, -0.2) is 23.2 Å². The first-order valence-corrected chi connectivity index (χ1v) is 10.9. The van der Waals surface area contributed by atoms with E-state index in [1.165, 1.54) is 17.0 Å². The molecule has 2 aromatic rings. The lowest BCUT2D eigenvalue weighted by Gasteiger charge is -2.42. The van der Waals surface area contributed by atoms with Gasteiger partial charge >= 0.3 is 0 Å². The molecule has 4 rings (SSSR count). The molecular formula is C26H26N2O5. The highest BCUT2D eigenvalue weighted by atomic mass is 16.6. The number of nitro groups is 1. The van der Waals surface area contributed by atoms with Crippen molar-refractivity contribution < 1.29 is 19.2 Å². The fourth-order valence-electron chi connectivity index (χ4n) is 4.70. The quantitative estimate of drug-likeness (QED) is 0.340. The number of carbonyl (C=O) groups excluding carboxylic acids is 2. The number of hydrogen-bond donors (Lipinski definition) is 0. The standard InChI is InChI=1S/C26H26N2O5/c1-4-12-33-20-10-8-17(9-11-20)21-14-24(30)27(18-6-5-7-19(13-18)28(31)32)22-15-26(2,3)16-23(29)25(21)22/h4-11,13,21H,1,12,14-16H2,2-3H3. The van der Waals surface area contributed by atoms with E-state index in [-0.39, 0.29) is 35.1 Å². The minimum absolute atomic E-state index is 0.0150. The molecule has 2 aromatic carbocycles. The van der Waals surface area contributed by atoms with Gasteiger partial charge in [0.25, 0.3) is 5.69 Å². The molecular weight excluding hydrogens is 420 g/mol. The van der Waals surface area contributed by atoms with E-state index in [0.29, 0.717) is 42.2 Å². The predicted octanol–water partition coefficient (Wildman–Crippen LogP) is 5.32. The van der Waals surface area contributed by atoms with E-state index in [9.17, 15) is 19.7 Å². The van der Waals surface area contributed by atoms with Crippen molar-refractivity contribution in [1.82, 2.24) is 0 Å². The molecule has 33 heavy (non-hydrogen) atoms. The summed E-state index contributed by atoms with van der Waals surface area (Å²) in [7, 11) is 0. The number of nitro benzene ring substituents is 1. The van der Waals surface area contributed by atoms with Gasteiger partial charge < -0.3 is 4.74 Å². The van der Waals surface area contributed by atoms with E-state index >= 15 is 0 Å². The van der Waals surface area contributed by atoms with Crippen LogP contribution in [-0.2, 0) is 9.59 Å². The zero-order valence-electron chi connectivity index (χ0n) is 18.7. The third-order valence-electron chi connectivity index (χ3n) is 6.09. The van der Waals surface area contributed by atoms with Gasteiger partial charge in [0.1, 0.15) is 12.4 Å². The topological polar surface area (TPSA) is 89.8 Å². The number of ether oxygens (including phenoxy) is 1. The molecule has 0 N–H and O–H groups in total. The first-order chi connectivity index (χ1) is 15.7. The number of non-ortho nitro benzene ring substituents is 1. The predicted molar refractivity (Wildman–Crippen MR) is 125 cm³/mol. The fraction of sp³-hybridized carbons (Fsp3) is 0.308. The maximum Gasteiger partial charge on any atom is 0.271 e. The molecule has 7 heteroatoms. The SMILES string of the molecule is C=CCOc1ccc(C2CC(=O)N(c3cccc([N+](=O)[O-])c3)C3=C2C(=O)CC(C)(C)C3)cc1. The lowest BCUT2D eigenvalue weighted by molar-refractivity contribution is -0.384. The van der Waals surface area contributed by atoms with Crippen molar-refractivity contribution in [3.05, 3.63) is 88.1 Å². The van der Waals surface area contributed by atoms with Gasteiger partial charge in [0.15, 0.2) is 5.78 Å². The number of anilines is 1. The number of hydrogen-bond acceptors (Lipinski definition) is 5. The van der Waals surface area contributed by atoms with Crippen LogP contribution >= 0.6 is 0 Å². The second-order valence-corrected chi connectivity index (χ2v) is 9.23. The minimum Gasteiger partial charge on any atom is -0.490 e. The van der Waals surface area contributed by atoms with Crippen LogP contribution in [0.25, 0.3) is 0 Å². The number of nitrogens with zero attached hydrogens (tertiary/aromatic N) is 2. The number of allylic oxidation sites excluding steroid dienone is 2. The minimum atomic E-state index is -0.484. The Kier molecular flexibility index (Phi) is 5.89. The summed E-state index contributed by atoms with van der Waals surface area (Å²) in [5.41, 5.74) is 2.14. The van der Waals surface area contributed by atoms with Crippen LogP contribution in [0.5, 0.6) is 5.75 Å². The summed E-state index contributed by atoms with van der Waals surface area (Å²) < 4.78 is 5.55. The Balaban J connectivity index is 1.81. The molecule has 170 valence electrons. The molecule has 0 saturated heterocycles. The molecule has 0 saturated carbocycles. The molecule has 0 spiro atoms. The normalized spacial score (nSPS) is 19.8. The second kappa shape index (κ2) is 8.65. The van der Waals surface area contributed by atoms with Crippen molar-refractivity contribution >= 4 is 23.1 Å². The van der Waals surface area contributed by atoms with Crippen molar-refractivity contribution in [2.45, 2.75) is 39.0 Å². The van der Waals surface area contributed by atoms with Gasteiger partial charge in [-0.3, -0.25) is 24.6 Å². The molecule has 0 bridgehead atoms. The van der Waals surface area contributed by atoms with E-state index in [4.69, 9.17) is 4.74 Å². The molecule has 0 fully saturated rings. The number of benzene rings is 2. The van der Waals surface area contributed by atoms with Gasteiger partial charge in [0, 0.05) is 42.2 Å². The van der Waals surface area contributed by atoms with Gasteiger partial charge in [0.2, 0.25) is 5.91 Å². The van der Waals surface area contributed by atoms with Gasteiger partial charge in [0.05, 0.1) is 10.6 Å². The third kappa shape index (κ3) is 4.44. The molecule has 1 atom stereocenters. The van der Waals surface area contributed by atoms with E-state index in [2.05, 4.69) is 6.58 Å². The number of amides is 1. The maximum absolute atomic E-state index is 13.4. The fourth-order valence-corrected chi connectivity index (χ4v) is 4.70. The smallest absolute Gasteiger partial charge is 0.271 e. The van der Waals surface area contributed by atoms with E-state index < -0.39 is 4.92 Å². The summed E-state index contributed by atoms with van der Waals surface area (Å²) in [6.07, 6.45) is 2.69. The second-order valence-electron chi connectivity index (χ2n) is 9.23. The number of Topliss-reactive ketones (excluding diaryl/α,β-unsaturated/α-hetero) is 1. The molecule has 0 radical (unpaired) electrons. The molecule has 1 heterocycles. The number of carbonyl (C=O) groups is 2. The molecule has 0 aromatic heterocycles. The average molecular weight is 447 g/mol. The Bertz CT molecular complexity index is 1160. The zero-order chi connectivity index (χ0) is 23.8. The van der Waals surface area contributed by atoms with E-state index in [1.54, 1.807) is 18.2 Å². The first-order valence-electron chi connectivity index (χ1n) is 10.9. The molecule has 1 aliphatic carbocycles. The molecule has 1 amide bonds. The van der Waals surface area contributed by atoms with Crippen molar-refractivity contribution in [2.75, 3.05) is 11.5 Å². The molecule has 1 aliphatic heterocycles. The Morgan fingerprint density at radius 3 is 2.58 bits per heavy atom. The van der Waals surface area contributed by atoms with Crippen molar-refractivity contribution in [3.63, 3.8) is 0 Å². The van der Waals surface area contributed by atoms with E-state index in [0.717, 1.165) is 5.56 Å². The van der Waals surface area contributed by atoms with Crippen LogP contribution in [0.4, 0.5) is 11.4 Å². The van der Waals surface area contributed by atoms with Crippen LogP contribution in [0.1, 0.15) is 44.6 Å². The summed E-state index contributed by atoms with van der Waals surface area (Å²) in [5, 5.41) is 11.3. The van der Waals surface area contributed by atoms with Gasteiger partial charge in [-0.05, 0) is 35.6 Å². The monoisotopic (exact) mass is 446 g/mol. The van der Waals surface area contributed by atoms with Crippen LogP contribution in [0.15, 0.2) is 72.5 Å². The Morgan fingerprint density at radius 2 is 1.91 bits per heavy atom. The summed E-state index contributed by atoms with van der Waals surface area (Å²) >= 11 is 0. The highest BCUT2D eigenvalue weighted by molar-refractivity contribution is 6.07. The average Bonchev–Trinajstić information content (AvgIpc) is 2.76. The lowest BCUT2D eigenvalue weighted by Crippen LogP contribution is -2.43. The van der Waals surface area contributed by atoms with Crippen LogP contribution in [0, 0.1) is 15.5 Å². The number of rotatable bonds is 6. The first kappa shape index (κ1) is 22.5. The van der Waals surface area contributed by atoms with Crippen molar-refractivity contribution in [1.29, 1.82) is 0 Å². The summed E-state index contributed by atoms with van der Waals surface area (Å²) in [6.45, 7) is 8.03. The van der Waals surface area contributed by atoms with Gasteiger partial charge in [-0.1, -0.05) is 44.7 Å². The maximum atomic E-state index is 13.4. The Hall–Kier alpha value is -3.74. The summed E-state index contributed by atoms with van der Waals surface area (Å²) in [6, 6.07) is 13.4. The largest absolute Gasteiger partial charge is 0.490 e. The summed E-state index contributed by atoms with van der Waals surface area (Å²) in [4.78, 5) is 39.1. The zero-order valence-corrected chi connectivity index (χ0v) is 18.7. The van der Waals surface area contributed by atoms with Crippen LogP contribution in [0.3, 0.4) is 0 Å². The Labute approximate surface area is 192 Å². The molecule has 1 unspecified atom stereocenters. The molecule has 7 nitrogen and oxygen atoms in total. The van der Waals surface area contributed by atoms with Crippen LogP contribution < -0.4 is 9.64 Å². The van der Waals surface area contributed by atoms with Crippen molar-refractivity contribution in [2.24, 2.45) is 5.41 Å². The van der Waals surface area contributed by atoms with Gasteiger partial charge in [-0.15, -0.1) is 0 Å².